The van der Waals surface area contributed by atoms with Gasteiger partial charge >= 0.3 is 0 Å². The maximum absolute atomic E-state index is 12.3. The van der Waals surface area contributed by atoms with Gasteiger partial charge in [0.1, 0.15) is 11.4 Å². The molecule has 2 aromatic rings. The van der Waals surface area contributed by atoms with Gasteiger partial charge in [0, 0.05) is 0 Å². The van der Waals surface area contributed by atoms with Crippen molar-refractivity contribution < 1.29 is 5.11 Å². The van der Waals surface area contributed by atoms with Gasteiger partial charge in [-0.15, -0.1) is 0 Å². The van der Waals surface area contributed by atoms with E-state index in [0.717, 1.165) is 24.2 Å². The predicted molar refractivity (Wildman–Crippen MR) is 85.7 cm³/mol. The molecule has 110 valence electrons. The number of rotatable bonds is 2. The predicted octanol–water partition coefficient (Wildman–Crippen LogP) is 3.41. The molecule has 2 N–H and O–H groups in total. The number of aromatic hydroxyl groups is 1. The van der Waals surface area contributed by atoms with Gasteiger partial charge in [-0.3, -0.25) is 4.79 Å². The van der Waals surface area contributed by atoms with Crippen LogP contribution < -0.4 is 5.56 Å². The summed E-state index contributed by atoms with van der Waals surface area (Å²) >= 11 is 1.79. The van der Waals surface area contributed by atoms with E-state index < -0.39 is 0 Å². The van der Waals surface area contributed by atoms with Gasteiger partial charge in [-0.1, -0.05) is 36.2 Å². The fourth-order valence-electron chi connectivity index (χ4n) is 2.57. The molecule has 0 amide bonds. The van der Waals surface area contributed by atoms with Crippen molar-refractivity contribution >= 4 is 11.8 Å². The summed E-state index contributed by atoms with van der Waals surface area (Å²) in [6.45, 7) is 1.98. The minimum absolute atomic E-state index is 0.177. The van der Waals surface area contributed by atoms with Gasteiger partial charge in [-0.25, -0.2) is 0 Å². The molecule has 1 aromatic heterocycles. The fraction of sp³-hybridized carbons (Fsp3) is 0.375. The number of H-pyrrole nitrogens is 1. The molecule has 1 atom stereocenters. The Morgan fingerprint density at radius 3 is 2.67 bits per heavy atom. The van der Waals surface area contributed by atoms with Crippen molar-refractivity contribution in [2.24, 2.45) is 0 Å². The molecule has 2 heterocycles. The first-order chi connectivity index (χ1) is 10.1. The van der Waals surface area contributed by atoms with Crippen LogP contribution in [0.3, 0.4) is 0 Å². The van der Waals surface area contributed by atoms with E-state index in [1.807, 2.05) is 31.2 Å². The van der Waals surface area contributed by atoms with Crippen LogP contribution in [0.5, 0.6) is 5.88 Å². The molecular weight excluding hydrogens is 284 g/mol. The highest BCUT2D eigenvalue weighted by molar-refractivity contribution is 7.99. The number of aromatic amines is 1. The van der Waals surface area contributed by atoms with Crippen LogP contribution in [0.1, 0.15) is 35.9 Å². The maximum atomic E-state index is 12.3. The van der Waals surface area contributed by atoms with Crippen molar-refractivity contribution in [3.8, 4) is 17.0 Å². The van der Waals surface area contributed by atoms with Crippen molar-refractivity contribution in [2.75, 3.05) is 5.75 Å². The SMILES string of the molecule is Cc1ccc(-c2c(O)nc(C3CCCCS3)[nH]c2=O)cc1. The molecule has 1 saturated heterocycles. The molecule has 0 radical (unpaired) electrons. The molecule has 5 heteroatoms. The molecule has 0 saturated carbocycles. The van der Waals surface area contributed by atoms with Crippen LogP contribution >= 0.6 is 11.8 Å². The van der Waals surface area contributed by atoms with Crippen molar-refractivity contribution in [3.63, 3.8) is 0 Å². The number of nitrogens with zero attached hydrogens (tertiary/aromatic N) is 1. The Hall–Kier alpha value is -1.75. The van der Waals surface area contributed by atoms with E-state index in [-0.39, 0.29) is 22.3 Å². The summed E-state index contributed by atoms with van der Waals surface area (Å²) in [6.07, 6.45) is 3.34. The fourth-order valence-corrected chi connectivity index (χ4v) is 3.83. The molecule has 1 aromatic carbocycles. The third-order valence-electron chi connectivity index (χ3n) is 3.74. The highest BCUT2D eigenvalue weighted by Crippen LogP contribution is 2.37. The summed E-state index contributed by atoms with van der Waals surface area (Å²) in [6, 6.07) is 7.49. The van der Waals surface area contributed by atoms with Gasteiger partial charge in [-0.05, 0) is 31.1 Å². The maximum Gasteiger partial charge on any atom is 0.262 e. The van der Waals surface area contributed by atoms with Crippen LogP contribution in [0, 0.1) is 6.92 Å². The lowest BCUT2D eigenvalue weighted by Gasteiger charge is -2.20. The van der Waals surface area contributed by atoms with Crippen molar-refractivity contribution in [1.29, 1.82) is 0 Å². The Morgan fingerprint density at radius 1 is 1.29 bits per heavy atom. The Balaban J connectivity index is 2.00. The van der Waals surface area contributed by atoms with Gasteiger partial charge < -0.3 is 10.1 Å². The highest BCUT2D eigenvalue weighted by Gasteiger charge is 2.21. The third-order valence-corrected chi connectivity index (χ3v) is 5.13. The summed E-state index contributed by atoms with van der Waals surface area (Å²) in [7, 11) is 0. The Labute approximate surface area is 127 Å². The number of nitrogens with one attached hydrogen (secondary N) is 1. The number of thioether (sulfide) groups is 1. The van der Waals surface area contributed by atoms with Gasteiger partial charge in [0.05, 0.1) is 5.25 Å². The third kappa shape index (κ3) is 2.97. The molecule has 4 nitrogen and oxygen atoms in total. The van der Waals surface area contributed by atoms with Crippen molar-refractivity contribution in [1.82, 2.24) is 9.97 Å². The van der Waals surface area contributed by atoms with E-state index in [1.54, 1.807) is 11.8 Å². The molecule has 0 bridgehead atoms. The van der Waals surface area contributed by atoms with Crippen LogP contribution in [0.15, 0.2) is 29.1 Å². The number of aromatic nitrogens is 2. The number of aryl methyl sites for hydroxylation is 1. The number of benzene rings is 1. The monoisotopic (exact) mass is 302 g/mol. The Bertz CT molecular complexity index is 688. The summed E-state index contributed by atoms with van der Waals surface area (Å²) in [5, 5.41) is 10.4. The van der Waals surface area contributed by atoms with Crippen LogP contribution in [0.2, 0.25) is 0 Å². The largest absolute Gasteiger partial charge is 0.493 e. The molecule has 1 unspecified atom stereocenters. The van der Waals surface area contributed by atoms with Gasteiger partial charge in [0.2, 0.25) is 5.88 Å². The summed E-state index contributed by atoms with van der Waals surface area (Å²) in [5.74, 6) is 1.50. The zero-order valence-corrected chi connectivity index (χ0v) is 12.7. The molecular formula is C16H18N2O2S. The van der Waals surface area contributed by atoms with Crippen LogP contribution in [-0.4, -0.2) is 20.8 Å². The lowest BCUT2D eigenvalue weighted by atomic mass is 10.1. The van der Waals surface area contributed by atoms with Crippen LogP contribution in [0.25, 0.3) is 11.1 Å². The second kappa shape index (κ2) is 5.93. The average molecular weight is 302 g/mol. The van der Waals surface area contributed by atoms with E-state index in [1.165, 1.54) is 6.42 Å². The average Bonchev–Trinajstić information content (AvgIpc) is 2.49. The molecule has 1 fully saturated rings. The van der Waals surface area contributed by atoms with Crippen molar-refractivity contribution in [2.45, 2.75) is 31.4 Å². The quantitative estimate of drug-likeness (QED) is 0.892. The second-order valence-corrected chi connectivity index (χ2v) is 6.68. The first-order valence-electron chi connectivity index (χ1n) is 7.17. The molecule has 0 spiro atoms. The summed E-state index contributed by atoms with van der Waals surface area (Å²) < 4.78 is 0. The molecule has 0 aliphatic carbocycles. The van der Waals surface area contributed by atoms with E-state index in [2.05, 4.69) is 9.97 Å². The van der Waals surface area contributed by atoms with Crippen molar-refractivity contribution in [3.05, 3.63) is 46.0 Å². The molecule has 1 aliphatic rings. The van der Waals surface area contributed by atoms with Gasteiger partial charge in [0.25, 0.3) is 5.56 Å². The number of hydrogen-bond donors (Lipinski definition) is 2. The van der Waals surface area contributed by atoms with Crippen LogP contribution in [-0.2, 0) is 0 Å². The summed E-state index contributed by atoms with van der Waals surface area (Å²) in [4.78, 5) is 19.4. The molecule has 21 heavy (non-hydrogen) atoms. The summed E-state index contributed by atoms with van der Waals surface area (Å²) in [5.41, 5.74) is 1.78. The van der Waals surface area contributed by atoms with Gasteiger partial charge in [0.15, 0.2) is 0 Å². The lowest BCUT2D eigenvalue weighted by molar-refractivity contribution is 0.448. The van der Waals surface area contributed by atoms with Crippen LogP contribution in [0.4, 0.5) is 0 Å². The topological polar surface area (TPSA) is 66.0 Å². The minimum atomic E-state index is -0.271. The first-order valence-corrected chi connectivity index (χ1v) is 8.22. The van der Waals surface area contributed by atoms with E-state index in [9.17, 15) is 9.90 Å². The standard InChI is InChI=1S/C16H18N2O2S/c1-10-5-7-11(8-6-10)13-15(19)17-14(18-16(13)20)12-4-2-3-9-21-12/h5-8,12H,2-4,9H2,1H3,(H2,17,18,19,20). The smallest absolute Gasteiger partial charge is 0.262 e. The lowest BCUT2D eigenvalue weighted by Crippen LogP contribution is -2.17. The zero-order valence-electron chi connectivity index (χ0n) is 11.9. The zero-order chi connectivity index (χ0) is 14.8. The van der Waals surface area contributed by atoms with Gasteiger partial charge in [-0.2, -0.15) is 16.7 Å². The Kier molecular flexibility index (Phi) is 4.01. The number of hydrogen-bond acceptors (Lipinski definition) is 4. The molecule has 3 rings (SSSR count). The highest BCUT2D eigenvalue weighted by atomic mass is 32.2. The minimum Gasteiger partial charge on any atom is -0.493 e. The Morgan fingerprint density at radius 2 is 2.05 bits per heavy atom. The van der Waals surface area contributed by atoms with E-state index >= 15 is 0 Å². The normalized spacial score (nSPS) is 18.6. The first kappa shape index (κ1) is 14.2. The second-order valence-electron chi connectivity index (χ2n) is 5.37. The molecule has 1 aliphatic heterocycles. The van der Waals surface area contributed by atoms with E-state index in [4.69, 9.17) is 0 Å². The van der Waals surface area contributed by atoms with E-state index in [0.29, 0.717) is 11.4 Å².